The third kappa shape index (κ3) is 6.76. The fourth-order valence-electron chi connectivity index (χ4n) is 8.31. The lowest BCUT2D eigenvalue weighted by Crippen LogP contribution is -2.54. The second-order valence-electron chi connectivity index (χ2n) is 14.9. The lowest BCUT2D eigenvalue weighted by Gasteiger charge is -2.41. The van der Waals surface area contributed by atoms with Gasteiger partial charge in [0.2, 0.25) is 17.7 Å². The zero-order chi connectivity index (χ0) is 39.2. The molecule has 0 aliphatic carbocycles. The fourth-order valence-corrected chi connectivity index (χ4v) is 8.31. The Bertz CT molecular complexity index is 2320. The Kier molecular flexibility index (Phi) is 9.78. The van der Waals surface area contributed by atoms with Crippen LogP contribution in [-0.4, -0.2) is 106 Å². The molecule has 3 fully saturated rings. The average molecular weight is 763 g/mol. The number of likely N-dealkylation sites (tertiary alicyclic amines) is 2. The van der Waals surface area contributed by atoms with E-state index in [2.05, 4.69) is 15.2 Å². The van der Waals surface area contributed by atoms with Crippen LogP contribution in [0.1, 0.15) is 58.4 Å². The number of nitrogens with one attached hydrogen (secondary N) is 1. The van der Waals surface area contributed by atoms with Crippen molar-refractivity contribution in [3.05, 3.63) is 82.0 Å². The Morgan fingerprint density at radius 1 is 0.875 bits per heavy atom. The highest BCUT2D eigenvalue weighted by atomic mass is 16.5. The minimum atomic E-state index is -1.03. The highest BCUT2D eigenvalue weighted by Gasteiger charge is 2.45. The Morgan fingerprint density at radius 3 is 2.29 bits per heavy atom. The number of benzene rings is 2. The maximum atomic E-state index is 13.3. The Labute approximate surface area is 322 Å². The predicted molar refractivity (Wildman–Crippen MR) is 202 cm³/mol. The lowest BCUT2D eigenvalue weighted by atomic mass is 9.93. The summed E-state index contributed by atoms with van der Waals surface area (Å²) < 4.78 is 19.5. The maximum absolute atomic E-state index is 13.3. The van der Waals surface area contributed by atoms with Crippen molar-refractivity contribution >= 4 is 40.3 Å². The maximum Gasteiger partial charge on any atom is 0.262 e. The van der Waals surface area contributed by atoms with Gasteiger partial charge in [-0.1, -0.05) is 0 Å². The second-order valence-corrected chi connectivity index (χ2v) is 14.9. The summed E-state index contributed by atoms with van der Waals surface area (Å²) in [7, 11) is 4.98. The molecule has 4 aliphatic rings. The van der Waals surface area contributed by atoms with Gasteiger partial charge >= 0.3 is 0 Å². The van der Waals surface area contributed by atoms with Crippen molar-refractivity contribution in [2.75, 3.05) is 40.4 Å². The third-order valence-electron chi connectivity index (χ3n) is 11.3. The summed E-state index contributed by atoms with van der Waals surface area (Å²) in [4.78, 5) is 85.5. The van der Waals surface area contributed by atoms with Crippen molar-refractivity contribution in [2.45, 2.75) is 50.8 Å². The third-order valence-corrected chi connectivity index (χ3v) is 11.3. The summed E-state index contributed by atoms with van der Waals surface area (Å²) >= 11 is 0. The van der Waals surface area contributed by atoms with Crippen LogP contribution < -0.4 is 25.1 Å². The van der Waals surface area contributed by atoms with Crippen LogP contribution in [0.25, 0.3) is 21.9 Å². The molecule has 3 saturated heterocycles. The number of fused-ring (bicyclic) bond motifs is 2. The first-order valence-corrected chi connectivity index (χ1v) is 18.7. The Hall–Kier alpha value is -6.09. The van der Waals surface area contributed by atoms with Gasteiger partial charge in [-0.25, -0.2) is 0 Å². The van der Waals surface area contributed by atoms with Crippen LogP contribution in [0.2, 0.25) is 0 Å². The topological polar surface area (TPSA) is 170 Å². The average Bonchev–Trinajstić information content (AvgIpc) is 3.43. The van der Waals surface area contributed by atoms with Crippen LogP contribution in [0.3, 0.4) is 0 Å². The molecule has 2 aromatic carbocycles. The number of aryl methyl sites for hydroxylation is 1. The highest BCUT2D eigenvalue weighted by molar-refractivity contribution is 6.23. The number of rotatable bonds is 10. The minimum absolute atomic E-state index is 0.0538. The van der Waals surface area contributed by atoms with Crippen molar-refractivity contribution in [1.29, 1.82) is 0 Å². The molecule has 15 heteroatoms. The van der Waals surface area contributed by atoms with E-state index in [1.807, 2.05) is 29.3 Å². The van der Waals surface area contributed by atoms with Gasteiger partial charge in [0.25, 0.3) is 17.4 Å². The summed E-state index contributed by atoms with van der Waals surface area (Å²) in [5.41, 5.74) is 2.87. The minimum Gasteiger partial charge on any atom is -0.496 e. The second kappa shape index (κ2) is 14.9. The molecule has 0 saturated carbocycles. The smallest absolute Gasteiger partial charge is 0.262 e. The van der Waals surface area contributed by atoms with E-state index in [9.17, 15) is 28.8 Å². The molecule has 0 radical (unpaired) electrons. The molecular weight excluding hydrogens is 720 g/mol. The van der Waals surface area contributed by atoms with Crippen LogP contribution in [0.4, 0.5) is 0 Å². The molecule has 6 heterocycles. The first kappa shape index (κ1) is 36.9. The van der Waals surface area contributed by atoms with Gasteiger partial charge in [0, 0.05) is 89.6 Å². The number of carbonyl (C=O) groups excluding carboxylic acids is 5. The first-order chi connectivity index (χ1) is 27.0. The van der Waals surface area contributed by atoms with Gasteiger partial charge in [0.1, 0.15) is 29.4 Å². The number of methoxy groups -OCH3 is 2. The number of imide groups is 2. The molecule has 2 aromatic heterocycles. The zero-order valence-electron chi connectivity index (χ0n) is 31.4. The number of ether oxygens (including phenoxy) is 3. The first-order valence-electron chi connectivity index (χ1n) is 18.7. The van der Waals surface area contributed by atoms with Gasteiger partial charge in [-0.2, -0.15) is 0 Å². The van der Waals surface area contributed by atoms with Gasteiger partial charge in [-0.3, -0.25) is 48.9 Å². The van der Waals surface area contributed by atoms with Gasteiger partial charge in [0.05, 0.1) is 36.3 Å². The summed E-state index contributed by atoms with van der Waals surface area (Å²) in [6, 6.07) is 9.46. The van der Waals surface area contributed by atoms with E-state index in [1.165, 1.54) is 12.1 Å². The van der Waals surface area contributed by atoms with Crippen molar-refractivity contribution in [3.8, 4) is 28.4 Å². The molecule has 15 nitrogen and oxygen atoms in total. The Balaban J connectivity index is 0.837. The van der Waals surface area contributed by atoms with Crippen molar-refractivity contribution < 1.29 is 38.2 Å². The molecule has 1 N–H and O–H groups in total. The summed E-state index contributed by atoms with van der Waals surface area (Å²) in [6.45, 7) is 3.22. The summed E-state index contributed by atoms with van der Waals surface area (Å²) in [6.07, 6.45) is 6.74. The van der Waals surface area contributed by atoms with E-state index >= 15 is 0 Å². The molecular formula is C41H42N6O9. The van der Waals surface area contributed by atoms with Crippen LogP contribution in [0, 0.1) is 5.92 Å². The number of pyridine rings is 2. The number of amides is 5. The molecule has 56 heavy (non-hydrogen) atoms. The summed E-state index contributed by atoms with van der Waals surface area (Å²) in [5.74, 6) is -0.0923. The van der Waals surface area contributed by atoms with E-state index in [0.717, 1.165) is 40.1 Å². The number of nitrogens with zero attached hydrogens (tertiary/aromatic N) is 5. The van der Waals surface area contributed by atoms with E-state index in [4.69, 9.17) is 14.2 Å². The number of aromatic nitrogens is 2. The molecule has 4 aromatic rings. The van der Waals surface area contributed by atoms with E-state index in [-0.39, 0.29) is 47.5 Å². The quantitative estimate of drug-likeness (QED) is 0.236. The molecule has 5 amide bonds. The van der Waals surface area contributed by atoms with Crippen molar-refractivity contribution in [1.82, 2.24) is 29.6 Å². The zero-order valence-corrected chi connectivity index (χ0v) is 31.4. The molecule has 1 atom stereocenters. The van der Waals surface area contributed by atoms with Crippen molar-refractivity contribution in [3.63, 3.8) is 0 Å². The molecule has 4 aliphatic heterocycles. The van der Waals surface area contributed by atoms with Crippen LogP contribution in [0.5, 0.6) is 17.2 Å². The van der Waals surface area contributed by atoms with Crippen LogP contribution >= 0.6 is 0 Å². The van der Waals surface area contributed by atoms with E-state index < -0.39 is 29.7 Å². The normalized spacial score (nSPS) is 19.2. The molecule has 0 bridgehead atoms. The van der Waals surface area contributed by atoms with E-state index in [1.54, 1.807) is 44.3 Å². The summed E-state index contributed by atoms with van der Waals surface area (Å²) in [5, 5.41) is 3.53. The monoisotopic (exact) mass is 762 g/mol. The van der Waals surface area contributed by atoms with E-state index in [0.29, 0.717) is 61.5 Å². The Morgan fingerprint density at radius 2 is 1.59 bits per heavy atom. The number of hydrogen-bond acceptors (Lipinski definition) is 11. The van der Waals surface area contributed by atoms with Gasteiger partial charge < -0.3 is 23.7 Å². The molecule has 290 valence electrons. The molecule has 8 rings (SSSR count). The lowest BCUT2D eigenvalue weighted by molar-refractivity contribution is -0.137. The largest absolute Gasteiger partial charge is 0.496 e. The van der Waals surface area contributed by atoms with Crippen molar-refractivity contribution in [2.24, 2.45) is 13.0 Å². The number of carbonyl (C=O) groups is 5. The molecule has 0 spiro atoms. The van der Waals surface area contributed by atoms with Gasteiger partial charge in [0.15, 0.2) is 0 Å². The SMILES string of the molecule is COc1cc(-c2cn(C)c(=O)c3cnccc23)cc(OC)c1CN1CC(CC(=O)N2CCC(Oc3ccc4c(c3)C(=O)N(C3CCC(=O)NC3=O)C4=O)CC2)C1. The fraction of sp³-hybridized carbons (Fsp3) is 0.390. The molecule has 1 unspecified atom stereocenters. The number of hydrogen-bond donors (Lipinski definition) is 1. The van der Waals surface area contributed by atoms with Gasteiger partial charge in [-0.05, 0) is 59.7 Å². The highest BCUT2D eigenvalue weighted by Crippen LogP contribution is 2.39. The van der Waals surface area contributed by atoms with Crippen LogP contribution in [0.15, 0.2) is 59.8 Å². The predicted octanol–water partition coefficient (Wildman–Crippen LogP) is 2.91. The van der Waals surface area contributed by atoms with Gasteiger partial charge in [-0.15, -0.1) is 0 Å². The van der Waals surface area contributed by atoms with Crippen LogP contribution in [-0.2, 0) is 28.0 Å². The number of piperidine rings is 2. The standard InChI is InChI=1S/C41H42N6O9/c1-44-21-31(27-8-11-42-18-30(27)39(44)51)24-15-34(54-2)32(35(16-24)55-3)22-45-19-23(20-45)14-37(49)46-12-9-25(10-13-46)56-26-4-5-28-29(17-26)41(53)47(40(28)52)33-6-7-36(48)43-38(33)50/h4-5,8,11,15-18,21,23,25,33H,6-7,9-10,12-14,19-20,22H2,1-3H3,(H,43,48,50).